The van der Waals surface area contributed by atoms with Crippen molar-refractivity contribution in [2.75, 3.05) is 19.8 Å². The second-order valence-corrected chi connectivity index (χ2v) is 5.88. The molecule has 2 aliphatic rings. The van der Waals surface area contributed by atoms with Crippen molar-refractivity contribution in [2.24, 2.45) is 11.8 Å². The fourth-order valence-electron chi connectivity index (χ4n) is 3.11. The number of carboxylic acids is 1. The SMILES string of the molecule is CC1COC(CO)CN1C(=O)C1CCCC(C(=O)O)C1. The quantitative estimate of drug-likeness (QED) is 0.788. The van der Waals surface area contributed by atoms with E-state index in [0.717, 1.165) is 12.8 Å². The lowest BCUT2D eigenvalue weighted by molar-refractivity contribution is -0.153. The van der Waals surface area contributed by atoms with Crippen LogP contribution in [0.3, 0.4) is 0 Å². The number of carbonyl (C=O) groups is 2. The predicted molar refractivity (Wildman–Crippen MR) is 71.1 cm³/mol. The molecule has 1 aliphatic carbocycles. The zero-order chi connectivity index (χ0) is 14.7. The number of carbonyl (C=O) groups excluding carboxylic acids is 1. The van der Waals surface area contributed by atoms with Crippen LogP contribution in [0.1, 0.15) is 32.6 Å². The van der Waals surface area contributed by atoms with E-state index >= 15 is 0 Å². The van der Waals surface area contributed by atoms with Gasteiger partial charge in [0, 0.05) is 12.5 Å². The summed E-state index contributed by atoms with van der Waals surface area (Å²) in [5.41, 5.74) is 0. The number of ether oxygens (including phenoxy) is 1. The number of morpholine rings is 1. The van der Waals surface area contributed by atoms with Crippen LogP contribution in [-0.2, 0) is 14.3 Å². The molecule has 1 saturated heterocycles. The highest BCUT2D eigenvalue weighted by molar-refractivity contribution is 5.80. The molecule has 2 rings (SSSR count). The van der Waals surface area contributed by atoms with Crippen LogP contribution >= 0.6 is 0 Å². The van der Waals surface area contributed by atoms with Gasteiger partial charge in [-0.15, -0.1) is 0 Å². The van der Waals surface area contributed by atoms with Gasteiger partial charge < -0.3 is 19.8 Å². The predicted octanol–water partition coefficient (Wildman–Crippen LogP) is 0.486. The van der Waals surface area contributed by atoms with Gasteiger partial charge in [-0.1, -0.05) is 6.42 Å². The maximum atomic E-state index is 12.6. The van der Waals surface area contributed by atoms with E-state index in [2.05, 4.69) is 0 Å². The van der Waals surface area contributed by atoms with Crippen LogP contribution in [0.4, 0.5) is 0 Å². The first-order valence-electron chi connectivity index (χ1n) is 7.28. The Morgan fingerprint density at radius 3 is 2.65 bits per heavy atom. The molecule has 4 atom stereocenters. The molecule has 114 valence electrons. The van der Waals surface area contributed by atoms with Crippen LogP contribution in [0.2, 0.25) is 0 Å². The van der Waals surface area contributed by atoms with Crippen molar-refractivity contribution in [1.82, 2.24) is 4.90 Å². The van der Waals surface area contributed by atoms with Gasteiger partial charge in [0.05, 0.1) is 31.3 Å². The normalized spacial score (nSPS) is 34.8. The molecular weight excluding hydrogens is 262 g/mol. The molecule has 2 N–H and O–H groups in total. The number of carboxylic acid groups (broad SMARTS) is 1. The third-order valence-corrected chi connectivity index (χ3v) is 4.36. The Labute approximate surface area is 118 Å². The van der Waals surface area contributed by atoms with E-state index in [9.17, 15) is 9.59 Å². The van der Waals surface area contributed by atoms with Crippen molar-refractivity contribution in [1.29, 1.82) is 0 Å². The Bertz CT molecular complexity index is 373. The largest absolute Gasteiger partial charge is 0.481 e. The molecule has 1 heterocycles. The monoisotopic (exact) mass is 285 g/mol. The number of aliphatic carboxylic acids is 1. The van der Waals surface area contributed by atoms with Crippen LogP contribution in [-0.4, -0.2) is 58.9 Å². The number of hydrogen-bond acceptors (Lipinski definition) is 4. The van der Waals surface area contributed by atoms with Gasteiger partial charge in [0.2, 0.25) is 5.91 Å². The highest BCUT2D eigenvalue weighted by Crippen LogP contribution is 2.31. The number of aliphatic hydroxyl groups is 1. The third kappa shape index (κ3) is 3.30. The minimum atomic E-state index is -0.800. The first-order valence-corrected chi connectivity index (χ1v) is 7.28. The number of rotatable bonds is 3. The molecule has 0 radical (unpaired) electrons. The van der Waals surface area contributed by atoms with Gasteiger partial charge >= 0.3 is 5.97 Å². The van der Waals surface area contributed by atoms with Crippen LogP contribution in [0.15, 0.2) is 0 Å². The van der Waals surface area contributed by atoms with Gasteiger partial charge in [-0.2, -0.15) is 0 Å². The molecule has 1 saturated carbocycles. The number of aliphatic hydroxyl groups excluding tert-OH is 1. The van der Waals surface area contributed by atoms with E-state index in [1.165, 1.54) is 0 Å². The fraction of sp³-hybridized carbons (Fsp3) is 0.857. The van der Waals surface area contributed by atoms with Crippen molar-refractivity contribution in [3.05, 3.63) is 0 Å². The molecule has 1 amide bonds. The topological polar surface area (TPSA) is 87.1 Å². The van der Waals surface area contributed by atoms with Crippen molar-refractivity contribution in [3.8, 4) is 0 Å². The molecule has 4 unspecified atom stereocenters. The van der Waals surface area contributed by atoms with Crippen molar-refractivity contribution >= 4 is 11.9 Å². The lowest BCUT2D eigenvalue weighted by atomic mass is 9.80. The molecule has 6 heteroatoms. The lowest BCUT2D eigenvalue weighted by Gasteiger charge is -2.40. The van der Waals surface area contributed by atoms with Gasteiger partial charge in [-0.3, -0.25) is 9.59 Å². The fourth-order valence-corrected chi connectivity index (χ4v) is 3.11. The van der Waals surface area contributed by atoms with E-state index in [1.54, 1.807) is 4.90 Å². The van der Waals surface area contributed by atoms with Gasteiger partial charge in [-0.25, -0.2) is 0 Å². The number of amides is 1. The minimum Gasteiger partial charge on any atom is -0.481 e. The molecule has 20 heavy (non-hydrogen) atoms. The summed E-state index contributed by atoms with van der Waals surface area (Å²) in [6.07, 6.45) is 2.32. The summed E-state index contributed by atoms with van der Waals surface area (Å²) in [4.78, 5) is 25.4. The highest BCUT2D eigenvalue weighted by atomic mass is 16.5. The molecule has 1 aliphatic heterocycles. The van der Waals surface area contributed by atoms with Gasteiger partial charge in [0.25, 0.3) is 0 Å². The van der Waals surface area contributed by atoms with E-state index in [4.69, 9.17) is 14.9 Å². The Morgan fingerprint density at radius 1 is 1.30 bits per heavy atom. The van der Waals surface area contributed by atoms with Crippen molar-refractivity contribution in [2.45, 2.75) is 44.8 Å². The second kappa shape index (κ2) is 6.54. The zero-order valence-electron chi connectivity index (χ0n) is 11.8. The third-order valence-electron chi connectivity index (χ3n) is 4.36. The minimum absolute atomic E-state index is 0.0181. The van der Waals surface area contributed by atoms with Crippen LogP contribution in [0.5, 0.6) is 0 Å². The molecule has 0 bridgehead atoms. The maximum Gasteiger partial charge on any atom is 0.306 e. The first-order chi connectivity index (χ1) is 9.52. The van der Waals surface area contributed by atoms with E-state index < -0.39 is 11.9 Å². The summed E-state index contributed by atoms with van der Waals surface area (Å²) in [5, 5.41) is 18.3. The van der Waals surface area contributed by atoms with Crippen molar-refractivity contribution < 1.29 is 24.5 Å². The van der Waals surface area contributed by atoms with Gasteiger partial charge in [0.15, 0.2) is 0 Å². The standard InChI is InChI=1S/C14H23NO5/c1-9-8-20-12(7-16)6-15(9)13(17)10-3-2-4-11(5-10)14(18)19/h9-12,16H,2-8H2,1H3,(H,18,19). The Kier molecular flexibility index (Phi) is 4.99. The second-order valence-electron chi connectivity index (χ2n) is 5.88. The zero-order valence-corrected chi connectivity index (χ0v) is 11.8. The smallest absolute Gasteiger partial charge is 0.306 e. The van der Waals surface area contributed by atoms with E-state index in [0.29, 0.717) is 26.0 Å². The van der Waals surface area contributed by atoms with Crippen LogP contribution in [0, 0.1) is 11.8 Å². The lowest BCUT2D eigenvalue weighted by Crippen LogP contribution is -2.54. The number of hydrogen-bond donors (Lipinski definition) is 2. The average Bonchev–Trinajstić information content (AvgIpc) is 2.47. The Hall–Kier alpha value is -1.14. The molecule has 2 fully saturated rings. The first kappa shape index (κ1) is 15.3. The molecule has 0 aromatic heterocycles. The summed E-state index contributed by atoms with van der Waals surface area (Å²) in [7, 11) is 0. The molecule has 0 spiro atoms. The van der Waals surface area contributed by atoms with Crippen molar-refractivity contribution in [3.63, 3.8) is 0 Å². The Balaban J connectivity index is 2.00. The average molecular weight is 285 g/mol. The number of nitrogens with zero attached hydrogens (tertiary/aromatic N) is 1. The molecule has 0 aromatic rings. The highest BCUT2D eigenvalue weighted by Gasteiger charge is 2.37. The summed E-state index contributed by atoms with van der Waals surface area (Å²) >= 11 is 0. The molecule has 6 nitrogen and oxygen atoms in total. The Morgan fingerprint density at radius 2 is 2.00 bits per heavy atom. The van der Waals surface area contributed by atoms with E-state index in [1.807, 2.05) is 6.92 Å². The summed E-state index contributed by atoms with van der Waals surface area (Å²) < 4.78 is 5.43. The van der Waals surface area contributed by atoms with Crippen LogP contribution in [0.25, 0.3) is 0 Å². The summed E-state index contributed by atoms with van der Waals surface area (Å²) in [5.74, 6) is -1.39. The molecular formula is C14H23NO5. The summed E-state index contributed by atoms with van der Waals surface area (Å²) in [6.45, 7) is 2.64. The molecule has 0 aromatic carbocycles. The summed E-state index contributed by atoms with van der Waals surface area (Å²) in [6, 6.07) is -0.0181. The van der Waals surface area contributed by atoms with Crippen LogP contribution < -0.4 is 0 Å². The van der Waals surface area contributed by atoms with E-state index in [-0.39, 0.29) is 30.6 Å². The van der Waals surface area contributed by atoms with Gasteiger partial charge in [0.1, 0.15) is 0 Å². The maximum absolute atomic E-state index is 12.6. The van der Waals surface area contributed by atoms with Gasteiger partial charge in [-0.05, 0) is 26.2 Å².